The summed E-state index contributed by atoms with van der Waals surface area (Å²) in [6.07, 6.45) is 6.51. The number of rotatable bonds is 4. The summed E-state index contributed by atoms with van der Waals surface area (Å²) in [6.45, 7) is 3.57. The van der Waals surface area contributed by atoms with E-state index in [1.807, 2.05) is 11.3 Å². The van der Waals surface area contributed by atoms with Gasteiger partial charge in [0.1, 0.15) is 0 Å². The molecular formula is C20H30N2O2S. The predicted octanol–water partition coefficient (Wildman–Crippen LogP) is 3.33. The summed E-state index contributed by atoms with van der Waals surface area (Å²) in [7, 11) is 4.42. The van der Waals surface area contributed by atoms with Gasteiger partial charge in [-0.1, -0.05) is 6.07 Å². The van der Waals surface area contributed by atoms with Crippen LogP contribution in [0.1, 0.15) is 43.4 Å². The highest BCUT2D eigenvalue weighted by atomic mass is 32.1. The van der Waals surface area contributed by atoms with Crippen molar-refractivity contribution in [3.63, 3.8) is 0 Å². The highest BCUT2D eigenvalue weighted by molar-refractivity contribution is 7.10. The Kier molecular flexibility index (Phi) is 4.67. The van der Waals surface area contributed by atoms with Gasteiger partial charge in [-0.15, -0.1) is 11.3 Å². The van der Waals surface area contributed by atoms with E-state index in [-0.39, 0.29) is 11.0 Å². The molecule has 1 spiro atoms. The summed E-state index contributed by atoms with van der Waals surface area (Å²) in [5.41, 5.74) is 0.377. The van der Waals surface area contributed by atoms with E-state index in [4.69, 9.17) is 4.74 Å². The minimum Gasteiger partial charge on any atom is -0.381 e. The highest BCUT2D eigenvalue weighted by Crippen LogP contribution is 2.52. The second kappa shape index (κ2) is 6.67. The van der Waals surface area contributed by atoms with Crippen LogP contribution in [-0.4, -0.2) is 56.1 Å². The number of nitrogens with zero attached hydrogens (tertiary/aromatic N) is 2. The lowest BCUT2D eigenvalue weighted by atomic mass is 9.66. The molecule has 1 aromatic rings. The molecule has 0 N–H and O–H groups in total. The van der Waals surface area contributed by atoms with Crippen LogP contribution in [-0.2, 0) is 15.1 Å². The Hall–Kier alpha value is -0.910. The monoisotopic (exact) mass is 362 g/mol. The van der Waals surface area contributed by atoms with Gasteiger partial charge in [0.25, 0.3) is 0 Å². The zero-order valence-electron chi connectivity index (χ0n) is 15.5. The standard InChI is InChI=1S/C20H30N2O2S/c1-21(2)20(17-4-3-11-25-17)8-6-19(7-9-20)12-18(23)22(15-19)13-16-5-10-24-14-16/h3-4,11,16H,5-10,12-15H2,1-2H3/t16-,19?,20?/m0/s1. The molecule has 5 heteroatoms. The SMILES string of the molecule is CN(C)C1(c2cccs2)CCC2(CC1)CC(=O)N(C[C@@H]1CCOC1)C2. The maximum atomic E-state index is 12.6. The number of carbonyl (C=O) groups is 1. The third-order valence-corrected chi connectivity index (χ3v) is 7.94. The van der Waals surface area contributed by atoms with Crippen molar-refractivity contribution in [2.45, 2.75) is 44.1 Å². The van der Waals surface area contributed by atoms with Crippen LogP contribution in [0.15, 0.2) is 17.5 Å². The number of likely N-dealkylation sites (tertiary alicyclic amines) is 1. The molecule has 3 aliphatic rings. The molecule has 25 heavy (non-hydrogen) atoms. The molecule has 1 aromatic heterocycles. The zero-order chi connectivity index (χ0) is 17.5. The Bertz CT molecular complexity index is 599. The Morgan fingerprint density at radius 2 is 2.12 bits per heavy atom. The molecule has 4 rings (SSSR count). The molecular weight excluding hydrogens is 332 g/mol. The van der Waals surface area contributed by atoms with Crippen molar-refractivity contribution in [1.82, 2.24) is 9.80 Å². The summed E-state index contributed by atoms with van der Waals surface area (Å²) in [4.78, 5) is 18.7. The second-order valence-corrected chi connectivity index (χ2v) is 9.53. The van der Waals surface area contributed by atoms with Crippen molar-refractivity contribution < 1.29 is 9.53 Å². The summed E-state index contributed by atoms with van der Waals surface area (Å²) in [5, 5.41) is 2.19. The zero-order valence-corrected chi connectivity index (χ0v) is 16.3. The third-order valence-electron chi connectivity index (χ3n) is 6.88. The number of carbonyl (C=O) groups excluding carboxylic acids is 1. The van der Waals surface area contributed by atoms with Gasteiger partial charge in [-0.25, -0.2) is 0 Å². The third kappa shape index (κ3) is 3.15. The summed E-state index contributed by atoms with van der Waals surface area (Å²) >= 11 is 1.88. The van der Waals surface area contributed by atoms with Crippen LogP contribution in [0.5, 0.6) is 0 Å². The van der Waals surface area contributed by atoms with Crippen molar-refractivity contribution in [3.8, 4) is 0 Å². The minimum atomic E-state index is 0.162. The number of hydrogen-bond acceptors (Lipinski definition) is 4. The van der Waals surface area contributed by atoms with E-state index in [1.54, 1.807) is 0 Å². The highest BCUT2D eigenvalue weighted by Gasteiger charge is 2.50. The van der Waals surface area contributed by atoms with E-state index in [9.17, 15) is 4.79 Å². The quantitative estimate of drug-likeness (QED) is 0.824. The molecule has 4 nitrogen and oxygen atoms in total. The van der Waals surface area contributed by atoms with Gasteiger partial charge in [0.15, 0.2) is 0 Å². The van der Waals surface area contributed by atoms with Crippen LogP contribution < -0.4 is 0 Å². The maximum absolute atomic E-state index is 12.6. The fourth-order valence-electron chi connectivity index (χ4n) is 5.17. The second-order valence-electron chi connectivity index (χ2n) is 8.58. The van der Waals surface area contributed by atoms with Gasteiger partial charge >= 0.3 is 0 Å². The van der Waals surface area contributed by atoms with Crippen LogP contribution in [0, 0.1) is 11.3 Å². The van der Waals surface area contributed by atoms with Gasteiger partial charge in [-0.05, 0) is 63.1 Å². The molecule has 138 valence electrons. The lowest BCUT2D eigenvalue weighted by molar-refractivity contribution is -0.128. The Morgan fingerprint density at radius 3 is 2.72 bits per heavy atom. The summed E-state index contributed by atoms with van der Waals surface area (Å²) < 4.78 is 5.49. The molecule has 1 atom stereocenters. The number of amides is 1. The first-order valence-corrected chi connectivity index (χ1v) is 10.5. The molecule has 0 aromatic carbocycles. The van der Waals surface area contributed by atoms with Crippen molar-refractivity contribution in [3.05, 3.63) is 22.4 Å². The van der Waals surface area contributed by atoms with Gasteiger partial charge in [0.05, 0.1) is 12.1 Å². The van der Waals surface area contributed by atoms with Gasteiger partial charge < -0.3 is 9.64 Å². The molecule has 1 saturated carbocycles. The topological polar surface area (TPSA) is 32.8 Å². The predicted molar refractivity (Wildman–Crippen MR) is 101 cm³/mol. The molecule has 2 aliphatic heterocycles. The van der Waals surface area contributed by atoms with E-state index < -0.39 is 0 Å². The molecule has 2 saturated heterocycles. The Balaban J connectivity index is 1.44. The van der Waals surface area contributed by atoms with E-state index in [0.717, 1.165) is 64.8 Å². The first-order valence-electron chi connectivity index (χ1n) is 9.60. The lowest BCUT2D eigenvalue weighted by Gasteiger charge is -2.48. The maximum Gasteiger partial charge on any atom is 0.223 e. The molecule has 3 fully saturated rings. The van der Waals surface area contributed by atoms with Crippen LogP contribution in [0.4, 0.5) is 0 Å². The van der Waals surface area contributed by atoms with Gasteiger partial charge in [-0.3, -0.25) is 9.69 Å². The number of hydrogen-bond donors (Lipinski definition) is 0. The van der Waals surface area contributed by atoms with Crippen molar-refractivity contribution in [1.29, 1.82) is 0 Å². The molecule has 1 aliphatic carbocycles. The van der Waals surface area contributed by atoms with E-state index in [0.29, 0.717) is 11.8 Å². The first kappa shape index (κ1) is 17.5. The average Bonchev–Trinajstić information content (AvgIpc) is 3.32. The van der Waals surface area contributed by atoms with Crippen LogP contribution >= 0.6 is 11.3 Å². The molecule has 1 amide bonds. The molecule has 0 unspecified atom stereocenters. The Morgan fingerprint density at radius 1 is 1.32 bits per heavy atom. The van der Waals surface area contributed by atoms with E-state index >= 15 is 0 Å². The Labute approximate surface area is 155 Å². The largest absolute Gasteiger partial charge is 0.381 e. The summed E-state index contributed by atoms with van der Waals surface area (Å²) in [6, 6.07) is 4.45. The fourth-order valence-corrected chi connectivity index (χ4v) is 6.24. The molecule has 0 radical (unpaired) electrons. The molecule has 3 heterocycles. The van der Waals surface area contributed by atoms with Gasteiger partial charge in [-0.2, -0.15) is 0 Å². The van der Waals surface area contributed by atoms with Crippen LogP contribution in [0.25, 0.3) is 0 Å². The normalized spacial score (nSPS) is 36.0. The smallest absolute Gasteiger partial charge is 0.223 e. The summed E-state index contributed by atoms with van der Waals surface area (Å²) in [5.74, 6) is 0.926. The van der Waals surface area contributed by atoms with Crippen molar-refractivity contribution >= 4 is 17.2 Å². The van der Waals surface area contributed by atoms with Crippen molar-refractivity contribution in [2.24, 2.45) is 11.3 Å². The number of ether oxygens (including phenoxy) is 1. The van der Waals surface area contributed by atoms with Crippen LogP contribution in [0.3, 0.4) is 0 Å². The van der Waals surface area contributed by atoms with Crippen LogP contribution in [0.2, 0.25) is 0 Å². The average molecular weight is 363 g/mol. The first-order chi connectivity index (χ1) is 12.0. The fraction of sp³-hybridized carbons (Fsp3) is 0.750. The minimum absolute atomic E-state index is 0.162. The lowest BCUT2D eigenvalue weighted by Crippen LogP contribution is -2.47. The van der Waals surface area contributed by atoms with Crippen molar-refractivity contribution in [2.75, 3.05) is 40.4 Å². The molecule has 0 bridgehead atoms. The van der Waals surface area contributed by atoms with Gasteiger partial charge in [0.2, 0.25) is 5.91 Å². The van der Waals surface area contributed by atoms with E-state index in [2.05, 4.69) is 41.4 Å². The van der Waals surface area contributed by atoms with Gasteiger partial charge in [0, 0.05) is 36.9 Å². The number of thiophene rings is 1. The van der Waals surface area contributed by atoms with E-state index in [1.165, 1.54) is 4.88 Å².